The van der Waals surface area contributed by atoms with Crippen LogP contribution in [0, 0.1) is 12.7 Å². The van der Waals surface area contributed by atoms with Crippen molar-refractivity contribution in [3.8, 4) is 0 Å². The van der Waals surface area contributed by atoms with Crippen molar-refractivity contribution in [1.82, 2.24) is 5.32 Å². The second-order valence-corrected chi connectivity index (χ2v) is 4.10. The van der Waals surface area contributed by atoms with Gasteiger partial charge in [-0.25, -0.2) is 4.39 Å². The number of aliphatic carboxylic acids is 1. The summed E-state index contributed by atoms with van der Waals surface area (Å²) in [7, 11) is 1.35. The van der Waals surface area contributed by atoms with E-state index in [2.05, 4.69) is 5.32 Å². The van der Waals surface area contributed by atoms with Crippen molar-refractivity contribution in [2.45, 2.75) is 19.4 Å². The van der Waals surface area contributed by atoms with Gasteiger partial charge in [-0.2, -0.15) is 0 Å². The first-order valence-electron chi connectivity index (χ1n) is 5.73. The lowest BCUT2D eigenvalue weighted by atomic mass is 10.1. The van der Waals surface area contributed by atoms with Crippen molar-refractivity contribution in [1.29, 1.82) is 0 Å². The Hall–Kier alpha value is -1.95. The van der Waals surface area contributed by atoms with Gasteiger partial charge in [-0.05, 0) is 18.6 Å². The summed E-state index contributed by atoms with van der Waals surface area (Å²) in [6.07, 6.45) is -0.873. The molecule has 0 fully saturated rings. The number of carbonyl (C=O) groups is 2. The van der Waals surface area contributed by atoms with Gasteiger partial charge in [0.05, 0.1) is 18.1 Å². The Kier molecular flexibility index (Phi) is 5.44. The maximum absolute atomic E-state index is 13.7. The molecule has 5 nitrogen and oxygen atoms in total. The van der Waals surface area contributed by atoms with E-state index < -0.39 is 23.8 Å². The van der Waals surface area contributed by atoms with E-state index in [9.17, 15) is 14.0 Å². The average Bonchev–Trinajstić information content (AvgIpc) is 2.37. The molecule has 6 heteroatoms. The average molecular weight is 269 g/mol. The zero-order valence-electron chi connectivity index (χ0n) is 10.8. The van der Waals surface area contributed by atoms with Crippen LogP contribution in [-0.2, 0) is 9.53 Å². The Morgan fingerprint density at radius 1 is 1.47 bits per heavy atom. The van der Waals surface area contributed by atoms with E-state index in [-0.39, 0.29) is 18.5 Å². The van der Waals surface area contributed by atoms with E-state index in [4.69, 9.17) is 9.84 Å². The number of methoxy groups -OCH3 is 1. The predicted octanol–water partition coefficient (Wildman–Crippen LogP) is 1.35. The number of carboxylic acid groups (broad SMARTS) is 1. The monoisotopic (exact) mass is 269 g/mol. The van der Waals surface area contributed by atoms with Crippen LogP contribution in [0.5, 0.6) is 0 Å². The van der Waals surface area contributed by atoms with Crippen molar-refractivity contribution in [3.63, 3.8) is 0 Å². The number of rotatable bonds is 6. The molecule has 1 aromatic rings. The number of nitrogens with one attached hydrogen (secondary N) is 1. The molecule has 1 unspecified atom stereocenters. The van der Waals surface area contributed by atoms with Crippen LogP contribution < -0.4 is 5.32 Å². The van der Waals surface area contributed by atoms with Crippen LogP contribution >= 0.6 is 0 Å². The minimum Gasteiger partial charge on any atom is -0.481 e. The zero-order valence-corrected chi connectivity index (χ0v) is 10.8. The van der Waals surface area contributed by atoms with Crippen LogP contribution in [0.1, 0.15) is 22.3 Å². The van der Waals surface area contributed by atoms with Crippen molar-refractivity contribution in [2.75, 3.05) is 13.7 Å². The SMILES string of the molecule is COC(CNC(=O)c1cccc(C)c1F)CC(=O)O. The molecule has 0 saturated carbocycles. The van der Waals surface area contributed by atoms with Crippen molar-refractivity contribution in [2.24, 2.45) is 0 Å². The van der Waals surface area contributed by atoms with E-state index in [0.717, 1.165) is 0 Å². The number of ether oxygens (including phenoxy) is 1. The third kappa shape index (κ3) is 4.33. The second-order valence-electron chi connectivity index (χ2n) is 4.10. The lowest BCUT2D eigenvalue weighted by molar-refractivity contribution is -0.139. The highest BCUT2D eigenvalue weighted by atomic mass is 19.1. The Morgan fingerprint density at radius 3 is 2.74 bits per heavy atom. The summed E-state index contributed by atoms with van der Waals surface area (Å²) >= 11 is 0. The normalized spacial score (nSPS) is 11.9. The fraction of sp³-hybridized carbons (Fsp3) is 0.385. The lowest BCUT2D eigenvalue weighted by Gasteiger charge is -2.14. The number of aryl methyl sites for hydroxylation is 1. The molecular formula is C13H16FNO4. The maximum Gasteiger partial charge on any atom is 0.306 e. The summed E-state index contributed by atoms with van der Waals surface area (Å²) in [5.74, 6) is -2.19. The summed E-state index contributed by atoms with van der Waals surface area (Å²) in [4.78, 5) is 22.3. The number of carboxylic acids is 1. The van der Waals surface area contributed by atoms with Crippen molar-refractivity contribution < 1.29 is 23.8 Å². The molecule has 0 bridgehead atoms. The molecule has 0 aromatic heterocycles. The van der Waals surface area contributed by atoms with Crippen LogP contribution in [0.3, 0.4) is 0 Å². The van der Waals surface area contributed by atoms with E-state index >= 15 is 0 Å². The summed E-state index contributed by atoms with van der Waals surface area (Å²) < 4.78 is 18.6. The second kappa shape index (κ2) is 6.84. The minimum atomic E-state index is -1.03. The highest BCUT2D eigenvalue weighted by Gasteiger charge is 2.16. The molecule has 104 valence electrons. The highest BCUT2D eigenvalue weighted by Crippen LogP contribution is 2.11. The van der Waals surface area contributed by atoms with Gasteiger partial charge in [-0.1, -0.05) is 12.1 Å². The molecule has 0 aliphatic carbocycles. The minimum absolute atomic E-state index is 0.00894. The predicted molar refractivity (Wildman–Crippen MR) is 66.5 cm³/mol. The topological polar surface area (TPSA) is 75.6 Å². The van der Waals surface area contributed by atoms with Gasteiger partial charge >= 0.3 is 5.97 Å². The number of halogens is 1. The zero-order chi connectivity index (χ0) is 14.4. The van der Waals surface area contributed by atoms with Crippen molar-refractivity contribution in [3.05, 3.63) is 35.1 Å². The number of hydrogen-bond donors (Lipinski definition) is 2. The molecule has 19 heavy (non-hydrogen) atoms. The molecule has 0 aliphatic heterocycles. The van der Waals surface area contributed by atoms with Crippen LogP contribution in [0.15, 0.2) is 18.2 Å². The first-order chi connectivity index (χ1) is 8.95. The fourth-order valence-corrected chi connectivity index (χ4v) is 1.56. The van der Waals surface area contributed by atoms with E-state index in [1.54, 1.807) is 19.1 Å². The first kappa shape index (κ1) is 15.1. The summed E-state index contributed by atoms with van der Waals surface area (Å²) in [5, 5.41) is 11.1. The van der Waals surface area contributed by atoms with Gasteiger partial charge in [0.1, 0.15) is 5.82 Å². The van der Waals surface area contributed by atoms with Gasteiger partial charge in [0.15, 0.2) is 0 Å². The molecule has 0 saturated heterocycles. The molecule has 0 spiro atoms. The molecule has 1 aromatic carbocycles. The highest BCUT2D eigenvalue weighted by molar-refractivity contribution is 5.94. The van der Waals surface area contributed by atoms with Crippen LogP contribution in [0.25, 0.3) is 0 Å². The third-order valence-corrected chi connectivity index (χ3v) is 2.66. The summed E-state index contributed by atoms with van der Waals surface area (Å²) in [6.45, 7) is 1.57. The molecule has 0 radical (unpaired) electrons. The first-order valence-corrected chi connectivity index (χ1v) is 5.73. The molecule has 1 rings (SSSR count). The lowest BCUT2D eigenvalue weighted by Crippen LogP contribution is -2.34. The van der Waals surface area contributed by atoms with Gasteiger partial charge < -0.3 is 15.2 Å². The summed E-state index contributed by atoms with van der Waals surface area (Å²) in [6, 6.07) is 4.52. The molecule has 2 N–H and O–H groups in total. The maximum atomic E-state index is 13.7. The molecular weight excluding hydrogens is 253 g/mol. The van der Waals surface area contributed by atoms with Gasteiger partial charge in [-0.3, -0.25) is 9.59 Å². The third-order valence-electron chi connectivity index (χ3n) is 2.66. The number of benzene rings is 1. The number of hydrogen-bond acceptors (Lipinski definition) is 3. The Balaban J connectivity index is 2.64. The van der Waals surface area contributed by atoms with E-state index in [1.807, 2.05) is 0 Å². The fourth-order valence-electron chi connectivity index (χ4n) is 1.56. The molecule has 1 atom stereocenters. The standard InChI is InChI=1S/C13H16FNO4/c1-8-4-3-5-10(12(8)14)13(18)15-7-9(19-2)6-11(16)17/h3-5,9H,6-7H2,1-2H3,(H,15,18)(H,16,17). The molecule has 1 amide bonds. The summed E-state index contributed by atoms with van der Waals surface area (Å²) in [5.41, 5.74) is 0.312. The van der Waals surface area contributed by atoms with Crippen molar-refractivity contribution >= 4 is 11.9 Å². The molecule has 0 heterocycles. The largest absolute Gasteiger partial charge is 0.481 e. The Labute approximate surface area is 110 Å². The smallest absolute Gasteiger partial charge is 0.306 e. The van der Waals surface area contributed by atoms with Gasteiger partial charge in [0, 0.05) is 13.7 Å². The quantitative estimate of drug-likeness (QED) is 0.817. The van der Waals surface area contributed by atoms with Gasteiger partial charge in [-0.15, -0.1) is 0 Å². The Bertz CT molecular complexity index is 476. The van der Waals surface area contributed by atoms with Gasteiger partial charge in [0.25, 0.3) is 5.91 Å². The van der Waals surface area contributed by atoms with Gasteiger partial charge in [0.2, 0.25) is 0 Å². The number of amides is 1. The van der Waals surface area contributed by atoms with E-state index in [0.29, 0.717) is 5.56 Å². The van der Waals surface area contributed by atoms with Crippen LogP contribution in [0.2, 0.25) is 0 Å². The Morgan fingerprint density at radius 2 is 2.16 bits per heavy atom. The van der Waals surface area contributed by atoms with Crippen LogP contribution in [0.4, 0.5) is 4.39 Å². The van der Waals surface area contributed by atoms with E-state index in [1.165, 1.54) is 13.2 Å². The number of carbonyl (C=O) groups excluding carboxylic acids is 1. The molecule has 0 aliphatic rings. The van der Waals surface area contributed by atoms with Crippen LogP contribution in [-0.4, -0.2) is 36.7 Å².